The van der Waals surface area contributed by atoms with Crippen molar-refractivity contribution in [2.24, 2.45) is 0 Å². The SMILES string of the molecule is CCOc1ccc(Oc2ncnc3cc(N)ccc23)cc1. The molecule has 2 N–H and O–H groups in total. The predicted molar refractivity (Wildman–Crippen MR) is 81.6 cm³/mol. The summed E-state index contributed by atoms with van der Waals surface area (Å²) >= 11 is 0. The van der Waals surface area contributed by atoms with Crippen LogP contribution in [-0.4, -0.2) is 16.6 Å². The summed E-state index contributed by atoms with van der Waals surface area (Å²) in [4.78, 5) is 8.38. The Kier molecular flexibility index (Phi) is 3.55. The summed E-state index contributed by atoms with van der Waals surface area (Å²) in [6.45, 7) is 2.58. The number of hydrogen-bond acceptors (Lipinski definition) is 5. The lowest BCUT2D eigenvalue weighted by Crippen LogP contribution is -1.94. The van der Waals surface area contributed by atoms with Crippen molar-refractivity contribution in [3.63, 3.8) is 0 Å². The van der Waals surface area contributed by atoms with Crippen molar-refractivity contribution >= 4 is 16.6 Å². The summed E-state index contributed by atoms with van der Waals surface area (Å²) in [5.41, 5.74) is 7.17. The maximum atomic E-state index is 5.82. The fraction of sp³-hybridized carbons (Fsp3) is 0.125. The van der Waals surface area contributed by atoms with Crippen molar-refractivity contribution in [2.45, 2.75) is 6.92 Å². The van der Waals surface area contributed by atoms with E-state index in [-0.39, 0.29) is 0 Å². The highest BCUT2D eigenvalue weighted by atomic mass is 16.5. The first-order valence-corrected chi connectivity index (χ1v) is 6.67. The van der Waals surface area contributed by atoms with Gasteiger partial charge in [-0.25, -0.2) is 9.97 Å². The zero-order chi connectivity index (χ0) is 14.7. The van der Waals surface area contributed by atoms with Gasteiger partial charge in [-0.1, -0.05) is 0 Å². The normalized spacial score (nSPS) is 10.5. The van der Waals surface area contributed by atoms with E-state index in [2.05, 4.69) is 9.97 Å². The number of nitrogen functional groups attached to an aromatic ring is 1. The predicted octanol–water partition coefficient (Wildman–Crippen LogP) is 3.40. The van der Waals surface area contributed by atoms with Crippen LogP contribution < -0.4 is 15.2 Å². The first-order valence-electron chi connectivity index (χ1n) is 6.67. The number of anilines is 1. The molecule has 0 aliphatic rings. The zero-order valence-corrected chi connectivity index (χ0v) is 11.6. The topological polar surface area (TPSA) is 70.3 Å². The van der Waals surface area contributed by atoms with Gasteiger partial charge in [0.2, 0.25) is 5.88 Å². The second-order valence-electron chi connectivity index (χ2n) is 4.46. The molecule has 0 unspecified atom stereocenters. The smallest absolute Gasteiger partial charge is 0.230 e. The maximum Gasteiger partial charge on any atom is 0.230 e. The van der Waals surface area contributed by atoms with Crippen LogP contribution in [0.4, 0.5) is 5.69 Å². The minimum absolute atomic E-state index is 0.504. The van der Waals surface area contributed by atoms with Crippen molar-refractivity contribution in [1.82, 2.24) is 9.97 Å². The van der Waals surface area contributed by atoms with Gasteiger partial charge in [-0.3, -0.25) is 0 Å². The summed E-state index contributed by atoms with van der Waals surface area (Å²) in [7, 11) is 0. The van der Waals surface area contributed by atoms with Crippen LogP contribution in [0.5, 0.6) is 17.4 Å². The standard InChI is InChI=1S/C16H15N3O2/c1-2-20-12-4-6-13(7-5-12)21-16-14-8-3-11(17)9-15(14)18-10-19-16/h3-10H,2,17H2,1H3. The summed E-state index contributed by atoms with van der Waals surface area (Å²) in [5, 5.41) is 0.820. The van der Waals surface area contributed by atoms with Crippen LogP contribution in [0.1, 0.15) is 6.92 Å². The van der Waals surface area contributed by atoms with Crippen molar-refractivity contribution in [3.8, 4) is 17.4 Å². The first-order chi connectivity index (χ1) is 10.3. The van der Waals surface area contributed by atoms with E-state index in [9.17, 15) is 0 Å². The molecule has 21 heavy (non-hydrogen) atoms. The van der Waals surface area contributed by atoms with E-state index in [1.54, 1.807) is 12.1 Å². The second-order valence-corrected chi connectivity index (χ2v) is 4.46. The van der Waals surface area contributed by atoms with E-state index in [4.69, 9.17) is 15.2 Å². The third-order valence-corrected chi connectivity index (χ3v) is 2.97. The van der Waals surface area contributed by atoms with Gasteiger partial charge in [0.1, 0.15) is 17.8 Å². The molecule has 2 aromatic carbocycles. The van der Waals surface area contributed by atoms with Gasteiger partial charge in [-0.05, 0) is 49.4 Å². The molecular weight excluding hydrogens is 266 g/mol. The summed E-state index contributed by atoms with van der Waals surface area (Å²) in [5.74, 6) is 2.00. The number of nitrogens with zero attached hydrogens (tertiary/aromatic N) is 2. The largest absolute Gasteiger partial charge is 0.494 e. The molecule has 0 fully saturated rings. The van der Waals surface area contributed by atoms with E-state index >= 15 is 0 Å². The second kappa shape index (κ2) is 5.66. The van der Waals surface area contributed by atoms with Gasteiger partial charge >= 0.3 is 0 Å². The zero-order valence-electron chi connectivity index (χ0n) is 11.6. The number of ether oxygens (including phenoxy) is 2. The third kappa shape index (κ3) is 2.86. The third-order valence-electron chi connectivity index (χ3n) is 2.97. The van der Waals surface area contributed by atoms with Crippen LogP contribution in [0.2, 0.25) is 0 Å². The quantitative estimate of drug-likeness (QED) is 0.742. The summed E-state index contributed by atoms with van der Waals surface area (Å²) in [6, 6.07) is 12.9. The summed E-state index contributed by atoms with van der Waals surface area (Å²) < 4.78 is 11.2. The van der Waals surface area contributed by atoms with Gasteiger partial charge in [0.05, 0.1) is 17.5 Å². The Morgan fingerprint density at radius 2 is 1.76 bits per heavy atom. The number of nitrogens with two attached hydrogens (primary N) is 1. The molecule has 0 atom stereocenters. The van der Waals surface area contributed by atoms with Gasteiger partial charge in [0, 0.05) is 5.69 Å². The highest BCUT2D eigenvalue weighted by molar-refractivity contribution is 5.85. The van der Waals surface area contributed by atoms with Crippen LogP contribution in [0.25, 0.3) is 10.9 Å². The van der Waals surface area contributed by atoms with E-state index < -0.39 is 0 Å². The Bertz CT molecular complexity index is 757. The molecule has 0 radical (unpaired) electrons. The lowest BCUT2D eigenvalue weighted by molar-refractivity contribution is 0.339. The molecule has 0 amide bonds. The maximum absolute atomic E-state index is 5.82. The molecule has 0 saturated heterocycles. The van der Waals surface area contributed by atoms with Crippen LogP contribution >= 0.6 is 0 Å². The van der Waals surface area contributed by atoms with Gasteiger partial charge in [-0.15, -0.1) is 0 Å². The Balaban J connectivity index is 1.90. The molecule has 0 aliphatic heterocycles. The minimum Gasteiger partial charge on any atom is -0.494 e. The molecule has 0 aliphatic carbocycles. The van der Waals surface area contributed by atoms with Crippen molar-refractivity contribution in [3.05, 3.63) is 48.8 Å². The lowest BCUT2D eigenvalue weighted by Gasteiger charge is -2.08. The monoisotopic (exact) mass is 281 g/mol. The summed E-state index contributed by atoms with van der Waals surface area (Å²) in [6.07, 6.45) is 1.46. The molecule has 3 aromatic rings. The number of rotatable bonds is 4. The molecule has 5 heteroatoms. The number of benzene rings is 2. The minimum atomic E-state index is 0.504. The van der Waals surface area contributed by atoms with Crippen molar-refractivity contribution < 1.29 is 9.47 Å². The first kappa shape index (κ1) is 13.2. The molecule has 0 spiro atoms. The molecule has 106 valence electrons. The fourth-order valence-corrected chi connectivity index (χ4v) is 2.01. The lowest BCUT2D eigenvalue weighted by atomic mass is 10.2. The Labute approximate surface area is 122 Å². The Morgan fingerprint density at radius 3 is 2.52 bits per heavy atom. The van der Waals surface area contributed by atoms with E-state index in [0.29, 0.717) is 23.9 Å². The molecular formula is C16H15N3O2. The van der Waals surface area contributed by atoms with E-state index in [1.165, 1.54) is 6.33 Å². The van der Waals surface area contributed by atoms with Crippen molar-refractivity contribution in [2.75, 3.05) is 12.3 Å². The van der Waals surface area contributed by atoms with Gasteiger partial charge in [-0.2, -0.15) is 0 Å². The number of aromatic nitrogens is 2. The highest BCUT2D eigenvalue weighted by Gasteiger charge is 2.06. The van der Waals surface area contributed by atoms with Crippen molar-refractivity contribution in [1.29, 1.82) is 0 Å². The number of hydrogen-bond donors (Lipinski definition) is 1. The van der Waals surface area contributed by atoms with Gasteiger partial charge in [0.25, 0.3) is 0 Å². The van der Waals surface area contributed by atoms with E-state index in [0.717, 1.165) is 16.7 Å². The molecule has 1 aromatic heterocycles. The molecule has 1 heterocycles. The number of fused-ring (bicyclic) bond motifs is 1. The Morgan fingerprint density at radius 1 is 1.00 bits per heavy atom. The van der Waals surface area contributed by atoms with Gasteiger partial charge < -0.3 is 15.2 Å². The fourth-order valence-electron chi connectivity index (χ4n) is 2.01. The molecule has 3 rings (SSSR count). The Hall–Kier alpha value is -2.82. The van der Waals surface area contributed by atoms with Crippen LogP contribution in [0.15, 0.2) is 48.8 Å². The van der Waals surface area contributed by atoms with Gasteiger partial charge in [0.15, 0.2) is 0 Å². The highest BCUT2D eigenvalue weighted by Crippen LogP contribution is 2.28. The molecule has 0 bridgehead atoms. The van der Waals surface area contributed by atoms with Crippen LogP contribution in [-0.2, 0) is 0 Å². The average Bonchev–Trinajstić information content (AvgIpc) is 2.49. The van der Waals surface area contributed by atoms with E-state index in [1.807, 2.05) is 37.3 Å². The van der Waals surface area contributed by atoms with Crippen LogP contribution in [0.3, 0.4) is 0 Å². The average molecular weight is 281 g/mol. The van der Waals surface area contributed by atoms with Crippen LogP contribution in [0, 0.1) is 0 Å². The molecule has 0 saturated carbocycles. The molecule has 5 nitrogen and oxygen atoms in total.